The summed E-state index contributed by atoms with van der Waals surface area (Å²) in [6.45, 7) is 4.32. The average Bonchev–Trinajstić information content (AvgIpc) is 3.20. The van der Waals surface area contributed by atoms with E-state index in [1.165, 1.54) is 136 Å². The van der Waals surface area contributed by atoms with Crippen molar-refractivity contribution in [2.24, 2.45) is 0 Å². The van der Waals surface area contributed by atoms with E-state index in [9.17, 15) is 51.9 Å². The van der Waals surface area contributed by atoms with Crippen molar-refractivity contribution in [3.63, 3.8) is 0 Å². The molecule has 0 atom stereocenters. The zero-order valence-corrected chi connectivity index (χ0v) is 44.5. The fourth-order valence-corrected chi connectivity index (χ4v) is 9.58. The Kier molecular flexibility index (Phi) is 28.0. The van der Waals surface area contributed by atoms with Crippen molar-refractivity contribution in [2.45, 2.75) is 149 Å². The zero-order valence-electron chi connectivity index (χ0n) is 37.2. The number of unbranched alkanes of at least 4 members (excludes halogenated alkanes) is 14. The molecule has 0 spiro atoms. The molecule has 344 valence electrons. The van der Waals surface area contributed by atoms with Gasteiger partial charge in [0, 0.05) is 11.1 Å². The second-order valence-corrected chi connectivity index (χ2v) is 20.3. The molecule has 2 N–H and O–H groups in total. The van der Waals surface area contributed by atoms with Crippen LogP contribution < -0.4 is 68.6 Å². The van der Waals surface area contributed by atoms with E-state index in [0.29, 0.717) is 25.7 Å². The summed E-state index contributed by atoms with van der Waals surface area (Å²) < 4.78 is 147. The van der Waals surface area contributed by atoms with Crippen LogP contribution in [0.3, 0.4) is 0 Å². The van der Waals surface area contributed by atoms with E-state index in [-0.39, 0.29) is 103 Å². The standard InChI is InChI=1S/2C22H30O7S2.2Na/c2*1-2-3-4-5-6-7-8-9-13-18-19(15-12-17-21(18)30(23,24)25)29-20-14-10-11-16-22(20)31(26,27)28;;/h2*10-12,14-17H,2-9,13H2,1H3,(H,23,24,25)(H,26,27,28);;/q;;2*+1/p-2. The van der Waals surface area contributed by atoms with Crippen LogP contribution in [0.4, 0.5) is 0 Å². The Morgan fingerprint density at radius 3 is 0.953 bits per heavy atom. The molecule has 14 nitrogen and oxygen atoms in total. The summed E-state index contributed by atoms with van der Waals surface area (Å²) >= 11 is 0. The van der Waals surface area contributed by atoms with Crippen LogP contribution >= 0.6 is 0 Å². The number of ether oxygens (including phenoxy) is 2. The van der Waals surface area contributed by atoms with Gasteiger partial charge in [-0.3, -0.25) is 9.11 Å². The van der Waals surface area contributed by atoms with Crippen molar-refractivity contribution < 1.29 is 120 Å². The fraction of sp³-hybridized carbons (Fsp3) is 0.455. The first-order valence-electron chi connectivity index (χ1n) is 20.9. The zero-order chi connectivity index (χ0) is 45.8. The van der Waals surface area contributed by atoms with Crippen LogP contribution in [0.15, 0.2) is 105 Å². The van der Waals surface area contributed by atoms with Gasteiger partial charge in [-0.25, -0.2) is 16.8 Å². The van der Waals surface area contributed by atoms with Gasteiger partial charge in [-0.1, -0.05) is 140 Å². The van der Waals surface area contributed by atoms with E-state index in [1.807, 2.05) is 0 Å². The molecule has 20 heteroatoms. The fourth-order valence-electron chi connectivity index (χ4n) is 6.85. The Balaban J connectivity index is 0.000000621. The van der Waals surface area contributed by atoms with E-state index in [2.05, 4.69) is 13.8 Å². The van der Waals surface area contributed by atoms with Gasteiger partial charge in [-0.2, -0.15) is 16.8 Å². The molecule has 4 rings (SSSR count). The Morgan fingerprint density at radius 2 is 0.656 bits per heavy atom. The summed E-state index contributed by atoms with van der Waals surface area (Å²) in [6.07, 6.45) is 17.5. The molecule has 0 amide bonds. The third-order valence-electron chi connectivity index (χ3n) is 9.97. The minimum absolute atomic E-state index is 0. The molecule has 0 radical (unpaired) electrons. The van der Waals surface area contributed by atoms with E-state index < -0.39 is 50.3 Å². The molecule has 0 aromatic heterocycles. The van der Waals surface area contributed by atoms with Gasteiger partial charge >= 0.3 is 59.1 Å². The van der Waals surface area contributed by atoms with Crippen molar-refractivity contribution >= 4 is 40.5 Å². The number of rotatable bonds is 26. The Labute approximate surface area is 424 Å². The first kappa shape index (κ1) is 60.1. The minimum Gasteiger partial charge on any atom is -0.744 e. The number of hydrogen-bond acceptors (Lipinski definition) is 12. The smallest absolute Gasteiger partial charge is 0.744 e. The van der Waals surface area contributed by atoms with E-state index in [1.54, 1.807) is 0 Å². The van der Waals surface area contributed by atoms with Gasteiger partial charge in [-0.15, -0.1) is 0 Å². The molecule has 0 fully saturated rings. The quantitative estimate of drug-likeness (QED) is 0.0495. The summed E-state index contributed by atoms with van der Waals surface area (Å²) in [7, 11) is -18.6. The molecule has 0 aliphatic rings. The molecular formula is C44H58Na2O14S4. The SMILES string of the molecule is CCCCCCCCCCc1c(Oc2ccccc2S(=O)(=O)O)cccc1S(=O)(=O)[O-].CCCCCCCCCCc1c(Oc2ccccc2S(=O)(=O)O)cccc1S(=O)(=O)[O-].[Na+].[Na+]. The van der Waals surface area contributed by atoms with Gasteiger partial charge in [0.15, 0.2) is 0 Å². The van der Waals surface area contributed by atoms with Crippen LogP contribution in [0, 0.1) is 0 Å². The van der Waals surface area contributed by atoms with Crippen molar-refractivity contribution in [2.75, 3.05) is 0 Å². The van der Waals surface area contributed by atoms with Crippen LogP contribution in [0.25, 0.3) is 0 Å². The third kappa shape index (κ3) is 21.0. The van der Waals surface area contributed by atoms with Crippen molar-refractivity contribution in [3.8, 4) is 23.0 Å². The van der Waals surface area contributed by atoms with Gasteiger partial charge in [0.2, 0.25) is 0 Å². The molecule has 0 saturated heterocycles. The Bertz CT molecular complexity index is 2310. The Morgan fingerprint density at radius 1 is 0.391 bits per heavy atom. The van der Waals surface area contributed by atoms with Crippen LogP contribution in [-0.4, -0.2) is 51.9 Å². The summed E-state index contributed by atoms with van der Waals surface area (Å²) in [5.41, 5.74) is 0.433. The molecule has 4 aromatic rings. The van der Waals surface area contributed by atoms with Gasteiger partial charge in [-0.05, 0) is 74.2 Å². The molecular weight excluding hydrogens is 927 g/mol. The van der Waals surface area contributed by atoms with Crippen LogP contribution in [-0.2, 0) is 53.3 Å². The maximum absolute atomic E-state index is 11.8. The summed E-state index contributed by atoms with van der Waals surface area (Å²) in [5.74, 6) is -0.141. The Hall–Kier alpha value is -1.88. The second-order valence-electron chi connectivity index (χ2n) is 14.9. The molecule has 0 heterocycles. The minimum atomic E-state index is -4.74. The first-order valence-corrected chi connectivity index (χ1v) is 26.6. The molecule has 0 bridgehead atoms. The van der Waals surface area contributed by atoms with Crippen LogP contribution in [0.5, 0.6) is 23.0 Å². The molecule has 0 aliphatic carbocycles. The molecule has 0 aliphatic heterocycles. The van der Waals surface area contributed by atoms with Crippen LogP contribution in [0.2, 0.25) is 0 Å². The number of benzene rings is 4. The monoisotopic (exact) mass is 984 g/mol. The number of para-hydroxylation sites is 2. The predicted molar refractivity (Wildman–Crippen MR) is 234 cm³/mol. The predicted octanol–water partition coefficient (Wildman–Crippen LogP) is 4.63. The van der Waals surface area contributed by atoms with E-state index in [0.717, 1.165) is 38.5 Å². The van der Waals surface area contributed by atoms with Crippen molar-refractivity contribution in [1.82, 2.24) is 0 Å². The van der Waals surface area contributed by atoms with Crippen molar-refractivity contribution in [3.05, 3.63) is 96.1 Å². The van der Waals surface area contributed by atoms with Gasteiger partial charge in [0.05, 0.1) is 9.79 Å². The first-order chi connectivity index (χ1) is 29.3. The molecule has 4 aromatic carbocycles. The van der Waals surface area contributed by atoms with Crippen molar-refractivity contribution in [1.29, 1.82) is 0 Å². The van der Waals surface area contributed by atoms with Gasteiger partial charge < -0.3 is 18.6 Å². The topological polar surface area (TPSA) is 242 Å². The van der Waals surface area contributed by atoms with Crippen LogP contribution in [0.1, 0.15) is 128 Å². The second kappa shape index (κ2) is 29.8. The number of hydrogen-bond donors (Lipinski definition) is 2. The average molecular weight is 985 g/mol. The molecule has 0 saturated carbocycles. The molecule has 0 unspecified atom stereocenters. The largest absolute Gasteiger partial charge is 1.00 e. The summed E-state index contributed by atoms with van der Waals surface area (Å²) in [5, 5.41) is 0. The maximum Gasteiger partial charge on any atom is 1.00 e. The van der Waals surface area contributed by atoms with E-state index in [4.69, 9.17) is 9.47 Å². The maximum atomic E-state index is 11.8. The summed E-state index contributed by atoms with van der Waals surface area (Å²) in [6, 6.07) is 19.1. The molecule has 64 heavy (non-hydrogen) atoms. The van der Waals surface area contributed by atoms with E-state index >= 15 is 0 Å². The normalized spacial score (nSPS) is 11.7. The third-order valence-corrected chi connectivity index (χ3v) is 13.6. The van der Waals surface area contributed by atoms with Gasteiger partial charge in [0.25, 0.3) is 20.2 Å². The van der Waals surface area contributed by atoms with Gasteiger partial charge in [0.1, 0.15) is 53.0 Å². The summed E-state index contributed by atoms with van der Waals surface area (Å²) in [4.78, 5) is -1.64.